The van der Waals surface area contributed by atoms with Crippen molar-refractivity contribution < 1.29 is 9.53 Å². The number of aromatic nitrogens is 2. The van der Waals surface area contributed by atoms with Gasteiger partial charge in [-0.3, -0.25) is 9.58 Å². The van der Waals surface area contributed by atoms with Gasteiger partial charge in [-0.2, -0.15) is 5.10 Å². The number of urea groups is 1. The van der Waals surface area contributed by atoms with E-state index in [4.69, 9.17) is 4.74 Å². The summed E-state index contributed by atoms with van der Waals surface area (Å²) < 4.78 is 7.29. The van der Waals surface area contributed by atoms with Crippen LogP contribution in [0.15, 0.2) is 42.7 Å². The monoisotopic (exact) mass is 371 g/mol. The smallest absolute Gasteiger partial charge is 0.315 e. The van der Waals surface area contributed by atoms with Crippen LogP contribution in [0.5, 0.6) is 0 Å². The summed E-state index contributed by atoms with van der Waals surface area (Å²) in [4.78, 5) is 14.5. The lowest BCUT2D eigenvalue weighted by atomic mass is 10.1. The van der Waals surface area contributed by atoms with E-state index in [1.165, 1.54) is 5.56 Å². The summed E-state index contributed by atoms with van der Waals surface area (Å²) in [6.45, 7) is 8.41. The predicted octanol–water partition coefficient (Wildman–Crippen LogP) is 1.85. The average Bonchev–Trinajstić information content (AvgIpc) is 3.19. The van der Waals surface area contributed by atoms with E-state index in [0.29, 0.717) is 19.0 Å². The molecule has 1 saturated heterocycles. The zero-order chi connectivity index (χ0) is 18.9. The third-order valence-corrected chi connectivity index (χ3v) is 4.72. The molecule has 0 saturated carbocycles. The maximum atomic E-state index is 12.2. The molecule has 3 rings (SSSR count). The number of ether oxygens (including phenoxy) is 1. The highest BCUT2D eigenvalue weighted by molar-refractivity contribution is 5.73. The Labute approximate surface area is 160 Å². The molecule has 2 N–H and O–H groups in total. The third kappa shape index (κ3) is 6.37. The molecule has 0 spiro atoms. The Morgan fingerprint density at radius 1 is 1.19 bits per heavy atom. The zero-order valence-electron chi connectivity index (χ0n) is 15.9. The highest BCUT2D eigenvalue weighted by Gasteiger charge is 2.13. The minimum Gasteiger partial charge on any atom is -0.379 e. The van der Waals surface area contributed by atoms with Crippen LogP contribution in [0.1, 0.15) is 18.1 Å². The van der Waals surface area contributed by atoms with Crippen LogP contribution in [0.3, 0.4) is 0 Å². The number of nitrogens with one attached hydrogen (secondary N) is 2. The van der Waals surface area contributed by atoms with Gasteiger partial charge in [0.05, 0.1) is 13.2 Å². The van der Waals surface area contributed by atoms with Crippen molar-refractivity contribution in [2.24, 2.45) is 5.92 Å². The van der Waals surface area contributed by atoms with Crippen molar-refractivity contribution in [3.8, 4) is 0 Å². The summed E-state index contributed by atoms with van der Waals surface area (Å²) in [5, 5.41) is 10.1. The van der Waals surface area contributed by atoms with Gasteiger partial charge in [0.15, 0.2) is 0 Å². The zero-order valence-corrected chi connectivity index (χ0v) is 15.9. The molecular weight excluding hydrogens is 342 g/mol. The first-order chi connectivity index (χ1) is 13.2. The van der Waals surface area contributed by atoms with Gasteiger partial charge in [-0.1, -0.05) is 31.2 Å². The van der Waals surface area contributed by atoms with E-state index in [-0.39, 0.29) is 6.03 Å². The van der Waals surface area contributed by atoms with E-state index in [2.05, 4.69) is 45.8 Å². The lowest BCUT2D eigenvalue weighted by Gasteiger charge is -2.27. The molecule has 7 nitrogen and oxygen atoms in total. The first-order valence-electron chi connectivity index (χ1n) is 9.56. The molecular formula is C20H29N5O2. The van der Waals surface area contributed by atoms with Gasteiger partial charge >= 0.3 is 6.03 Å². The van der Waals surface area contributed by atoms with Gasteiger partial charge in [0.25, 0.3) is 0 Å². The Morgan fingerprint density at radius 3 is 2.70 bits per heavy atom. The Bertz CT molecular complexity index is 698. The number of rotatable bonds is 8. The van der Waals surface area contributed by atoms with Gasteiger partial charge in [0, 0.05) is 51.7 Å². The molecule has 0 unspecified atom stereocenters. The van der Waals surface area contributed by atoms with Crippen molar-refractivity contribution in [1.29, 1.82) is 0 Å². The van der Waals surface area contributed by atoms with E-state index < -0.39 is 0 Å². The summed E-state index contributed by atoms with van der Waals surface area (Å²) in [5.41, 5.74) is 2.41. The van der Waals surface area contributed by atoms with E-state index in [1.807, 2.05) is 23.0 Å². The average molecular weight is 371 g/mol. The predicted molar refractivity (Wildman–Crippen MR) is 104 cm³/mol. The van der Waals surface area contributed by atoms with Crippen molar-refractivity contribution in [1.82, 2.24) is 25.3 Å². The van der Waals surface area contributed by atoms with Crippen molar-refractivity contribution in [3.05, 3.63) is 53.9 Å². The Hall–Kier alpha value is -2.38. The molecule has 1 atom stereocenters. The molecule has 27 heavy (non-hydrogen) atoms. The maximum absolute atomic E-state index is 12.2. The second-order valence-corrected chi connectivity index (χ2v) is 7.05. The summed E-state index contributed by atoms with van der Waals surface area (Å²) in [6, 6.07) is 10.1. The first kappa shape index (κ1) is 19.4. The minimum absolute atomic E-state index is 0.136. The highest BCUT2D eigenvalue weighted by Crippen LogP contribution is 2.13. The maximum Gasteiger partial charge on any atom is 0.315 e. The summed E-state index contributed by atoms with van der Waals surface area (Å²) in [7, 11) is 0. The molecule has 0 radical (unpaired) electrons. The Kier molecular flexibility index (Phi) is 7.24. The molecule has 1 aromatic carbocycles. The van der Waals surface area contributed by atoms with Crippen LogP contribution in [0.2, 0.25) is 0 Å². The Balaban J connectivity index is 1.43. The number of benzene rings is 1. The van der Waals surface area contributed by atoms with Crippen molar-refractivity contribution >= 4 is 6.03 Å². The molecule has 0 aliphatic carbocycles. The number of hydrogen-bond acceptors (Lipinski definition) is 4. The molecule has 7 heteroatoms. The highest BCUT2D eigenvalue weighted by atomic mass is 16.5. The lowest BCUT2D eigenvalue weighted by molar-refractivity contribution is 0.0341. The number of nitrogens with zero attached hydrogens (tertiary/aromatic N) is 3. The van der Waals surface area contributed by atoms with Crippen LogP contribution >= 0.6 is 0 Å². The van der Waals surface area contributed by atoms with Crippen LogP contribution in [0, 0.1) is 5.92 Å². The number of amides is 2. The fourth-order valence-electron chi connectivity index (χ4n) is 3.18. The number of carbonyl (C=O) groups excluding carboxylic acids is 1. The van der Waals surface area contributed by atoms with Gasteiger partial charge in [0.2, 0.25) is 0 Å². The summed E-state index contributed by atoms with van der Waals surface area (Å²) >= 11 is 0. The van der Waals surface area contributed by atoms with Gasteiger partial charge in [-0.15, -0.1) is 0 Å². The summed E-state index contributed by atoms with van der Waals surface area (Å²) in [6.07, 6.45) is 3.70. The molecule has 1 aromatic heterocycles. The van der Waals surface area contributed by atoms with Crippen molar-refractivity contribution in [2.75, 3.05) is 32.8 Å². The van der Waals surface area contributed by atoms with Crippen LogP contribution in [0.25, 0.3) is 0 Å². The second kappa shape index (κ2) is 10.1. The second-order valence-electron chi connectivity index (χ2n) is 7.05. The van der Waals surface area contributed by atoms with E-state index >= 15 is 0 Å². The molecule has 146 valence electrons. The van der Waals surface area contributed by atoms with Crippen LogP contribution in [0.4, 0.5) is 4.79 Å². The molecule has 2 amide bonds. The van der Waals surface area contributed by atoms with Crippen LogP contribution < -0.4 is 10.6 Å². The minimum atomic E-state index is -0.136. The van der Waals surface area contributed by atoms with Crippen LogP contribution in [-0.4, -0.2) is 53.6 Å². The van der Waals surface area contributed by atoms with E-state index in [1.54, 1.807) is 6.20 Å². The Morgan fingerprint density at radius 2 is 1.96 bits per heavy atom. The number of hydrogen-bond donors (Lipinski definition) is 2. The fraction of sp³-hybridized carbons (Fsp3) is 0.500. The molecule has 1 aliphatic heterocycles. The fourth-order valence-corrected chi connectivity index (χ4v) is 3.18. The van der Waals surface area contributed by atoms with Gasteiger partial charge in [-0.25, -0.2) is 4.79 Å². The van der Waals surface area contributed by atoms with Gasteiger partial charge in [-0.05, 0) is 23.1 Å². The van der Waals surface area contributed by atoms with Gasteiger partial charge < -0.3 is 15.4 Å². The van der Waals surface area contributed by atoms with E-state index in [0.717, 1.165) is 45.0 Å². The molecule has 2 heterocycles. The SMILES string of the molecule is C[C@@H](CNC(=O)NCc1ccccc1CN1CCOCC1)Cn1cccn1. The molecule has 1 aliphatic rings. The quantitative estimate of drug-likeness (QED) is 0.743. The van der Waals surface area contributed by atoms with Crippen molar-refractivity contribution in [3.63, 3.8) is 0 Å². The third-order valence-electron chi connectivity index (χ3n) is 4.72. The lowest BCUT2D eigenvalue weighted by Crippen LogP contribution is -2.38. The topological polar surface area (TPSA) is 71.4 Å². The standard InChI is InChI=1S/C20H29N5O2/c1-17(15-25-8-4-7-23-25)13-21-20(26)22-14-18-5-2-3-6-19(18)16-24-9-11-27-12-10-24/h2-8,17H,9-16H2,1H3,(H2,21,22,26)/t17-/m0/s1. The molecule has 1 fully saturated rings. The van der Waals surface area contributed by atoms with Crippen molar-refractivity contribution in [2.45, 2.75) is 26.6 Å². The van der Waals surface area contributed by atoms with Gasteiger partial charge in [0.1, 0.15) is 0 Å². The first-order valence-corrected chi connectivity index (χ1v) is 9.56. The van der Waals surface area contributed by atoms with Crippen LogP contribution in [-0.2, 0) is 24.4 Å². The summed E-state index contributed by atoms with van der Waals surface area (Å²) in [5.74, 6) is 0.309. The number of morpholine rings is 1. The molecule has 0 bridgehead atoms. The normalized spacial score (nSPS) is 16.0. The van der Waals surface area contributed by atoms with E-state index in [9.17, 15) is 4.79 Å². The number of carbonyl (C=O) groups is 1. The molecule has 2 aromatic rings. The largest absolute Gasteiger partial charge is 0.379 e.